The van der Waals surface area contributed by atoms with Crippen LogP contribution in [0.2, 0.25) is 5.02 Å². The Bertz CT molecular complexity index is 603. The molecule has 1 heterocycles. The van der Waals surface area contributed by atoms with Crippen LogP contribution in [-0.2, 0) is 9.59 Å². The maximum Gasteiger partial charge on any atom is 0.253 e. The van der Waals surface area contributed by atoms with Crippen molar-refractivity contribution in [3.63, 3.8) is 0 Å². The maximum atomic E-state index is 12.7. The minimum Gasteiger partial charge on any atom is -0.340 e. The fraction of sp³-hybridized carbons (Fsp3) is 0.471. The third kappa shape index (κ3) is 3.91. The minimum atomic E-state index is -0.681. The van der Waals surface area contributed by atoms with Crippen molar-refractivity contribution in [3.8, 4) is 0 Å². The second-order valence-electron chi connectivity index (χ2n) is 6.05. The van der Waals surface area contributed by atoms with E-state index in [0.717, 1.165) is 12.7 Å². The van der Waals surface area contributed by atoms with Gasteiger partial charge in [0.1, 0.15) is 12.3 Å². The molecule has 1 aromatic rings. The lowest BCUT2D eigenvalue weighted by atomic mass is 10.0. The van der Waals surface area contributed by atoms with Crippen molar-refractivity contribution < 1.29 is 14.4 Å². The monoisotopic (exact) mass is 336 g/mol. The van der Waals surface area contributed by atoms with Crippen LogP contribution in [0.15, 0.2) is 24.3 Å². The topological polar surface area (TPSA) is 66.5 Å². The van der Waals surface area contributed by atoms with Gasteiger partial charge >= 0.3 is 0 Å². The van der Waals surface area contributed by atoms with Crippen LogP contribution in [0.1, 0.15) is 37.0 Å². The molecule has 0 saturated carbocycles. The third-order valence-corrected chi connectivity index (χ3v) is 4.41. The van der Waals surface area contributed by atoms with Gasteiger partial charge < -0.3 is 15.0 Å². The average Bonchev–Trinajstić information content (AvgIpc) is 3.00. The van der Waals surface area contributed by atoms with E-state index in [0.29, 0.717) is 23.6 Å². The standard InChI is InChI=1S/C17H21ClN2O3/c1-11(2)15(17(23)20-9-5-6-12(20)10-21)19-16(22)13-7-3-4-8-14(13)18/h3-4,7-8,10-12,15H,5-6,9H2,1-2H3,(H,19,22)/t12-,15-/m0/s1. The Labute approximate surface area is 141 Å². The summed E-state index contributed by atoms with van der Waals surface area (Å²) in [6.07, 6.45) is 2.29. The summed E-state index contributed by atoms with van der Waals surface area (Å²) in [5.74, 6) is -0.693. The first-order chi connectivity index (χ1) is 11.0. The summed E-state index contributed by atoms with van der Waals surface area (Å²) in [7, 11) is 0. The summed E-state index contributed by atoms with van der Waals surface area (Å²) in [6, 6.07) is 5.63. The van der Waals surface area contributed by atoms with Gasteiger partial charge in [0.2, 0.25) is 5.91 Å². The molecular formula is C17H21ClN2O3. The lowest BCUT2D eigenvalue weighted by molar-refractivity contribution is -0.137. The molecule has 0 spiro atoms. The number of carbonyl (C=O) groups excluding carboxylic acids is 3. The Morgan fingerprint density at radius 3 is 2.65 bits per heavy atom. The molecular weight excluding hydrogens is 316 g/mol. The second kappa shape index (κ2) is 7.59. The van der Waals surface area contributed by atoms with E-state index < -0.39 is 6.04 Å². The summed E-state index contributed by atoms with van der Waals surface area (Å²) in [5, 5.41) is 3.10. The Hall–Kier alpha value is -1.88. The Balaban J connectivity index is 2.16. The number of carbonyl (C=O) groups is 3. The summed E-state index contributed by atoms with van der Waals surface area (Å²) in [5.41, 5.74) is 0.334. The van der Waals surface area contributed by atoms with Gasteiger partial charge in [-0.2, -0.15) is 0 Å². The van der Waals surface area contributed by atoms with E-state index in [4.69, 9.17) is 11.6 Å². The van der Waals surface area contributed by atoms with Crippen LogP contribution in [0, 0.1) is 5.92 Å². The lowest BCUT2D eigenvalue weighted by Gasteiger charge is -2.29. The number of rotatable bonds is 5. The highest BCUT2D eigenvalue weighted by atomic mass is 35.5. The fourth-order valence-electron chi connectivity index (χ4n) is 2.76. The molecule has 1 N–H and O–H groups in total. The van der Waals surface area contributed by atoms with Crippen LogP contribution in [0.4, 0.5) is 0 Å². The zero-order valence-corrected chi connectivity index (χ0v) is 14.0. The van der Waals surface area contributed by atoms with E-state index in [1.165, 1.54) is 0 Å². The zero-order chi connectivity index (χ0) is 17.0. The van der Waals surface area contributed by atoms with Crippen molar-refractivity contribution in [2.75, 3.05) is 6.54 Å². The van der Waals surface area contributed by atoms with Crippen molar-refractivity contribution in [3.05, 3.63) is 34.9 Å². The molecule has 0 aromatic heterocycles. The second-order valence-corrected chi connectivity index (χ2v) is 6.46. The molecule has 1 aromatic carbocycles. The molecule has 1 aliphatic rings. The van der Waals surface area contributed by atoms with Gasteiger partial charge in [0.25, 0.3) is 5.91 Å². The minimum absolute atomic E-state index is 0.0955. The fourth-order valence-corrected chi connectivity index (χ4v) is 2.99. The van der Waals surface area contributed by atoms with Crippen molar-refractivity contribution in [1.82, 2.24) is 10.2 Å². The molecule has 1 saturated heterocycles. The van der Waals surface area contributed by atoms with E-state index in [9.17, 15) is 14.4 Å². The summed E-state index contributed by atoms with van der Waals surface area (Å²) in [4.78, 5) is 37.8. The van der Waals surface area contributed by atoms with Crippen LogP contribution < -0.4 is 5.32 Å². The van der Waals surface area contributed by atoms with Crippen LogP contribution in [0.25, 0.3) is 0 Å². The third-order valence-electron chi connectivity index (χ3n) is 4.08. The summed E-state index contributed by atoms with van der Waals surface area (Å²) < 4.78 is 0. The van der Waals surface area contributed by atoms with Crippen molar-refractivity contribution in [2.45, 2.75) is 38.8 Å². The number of aldehydes is 1. The Morgan fingerprint density at radius 2 is 2.04 bits per heavy atom. The normalized spacial score (nSPS) is 18.8. The van der Waals surface area contributed by atoms with Gasteiger partial charge in [0, 0.05) is 6.54 Å². The number of halogens is 1. The van der Waals surface area contributed by atoms with Crippen LogP contribution in [0.5, 0.6) is 0 Å². The number of likely N-dealkylation sites (tertiary alicyclic amines) is 1. The number of amides is 2. The number of hydrogen-bond acceptors (Lipinski definition) is 3. The van der Waals surface area contributed by atoms with Gasteiger partial charge in [-0.3, -0.25) is 9.59 Å². The van der Waals surface area contributed by atoms with Crippen LogP contribution >= 0.6 is 11.6 Å². The molecule has 5 nitrogen and oxygen atoms in total. The smallest absolute Gasteiger partial charge is 0.253 e. The summed E-state index contributed by atoms with van der Waals surface area (Å²) in [6.45, 7) is 4.27. The number of hydrogen-bond donors (Lipinski definition) is 1. The molecule has 1 aliphatic heterocycles. The first kappa shape index (κ1) is 17.5. The van der Waals surface area contributed by atoms with Crippen molar-refractivity contribution in [1.29, 1.82) is 0 Å². The Kier molecular flexibility index (Phi) is 5.77. The largest absolute Gasteiger partial charge is 0.340 e. The molecule has 0 radical (unpaired) electrons. The van der Waals surface area contributed by atoms with Gasteiger partial charge in [0.15, 0.2) is 0 Å². The molecule has 124 valence electrons. The van der Waals surface area contributed by atoms with E-state index in [1.54, 1.807) is 29.2 Å². The SMILES string of the molecule is CC(C)[C@H](NC(=O)c1ccccc1Cl)C(=O)N1CCC[C@H]1C=O. The predicted octanol–water partition coefficient (Wildman–Crippen LogP) is 2.28. The number of nitrogens with zero attached hydrogens (tertiary/aromatic N) is 1. The highest BCUT2D eigenvalue weighted by Gasteiger charge is 2.35. The molecule has 0 bridgehead atoms. The quantitative estimate of drug-likeness (QED) is 0.839. The predicted molar refractivity (Wildman–Crippen MR) is 88.3 cm³/mol. The van der Waals surface area contributed by atoms with Crippen molar-refractivity contribution >= 4 is 29.7 Å². The average molecular weight is 337 g/mol. The molecule has 2 rings (SSSR count). The highest BCUT2D eigenvalue weighted by molar-refractivity contribution is 6.33. The molecule has 1 fully saturated rings. The maximum absolute atomic E-state index is 12.7. The molecule has 6 heteroatoms. The van der Waals surface area contributed by atoms with Gasteiger partial charge in [-0.05, 0) is 30.9 Å². The van der Waals surface area contributed by atoms with Crippen molar-refractivity contribution in [2.24, 2.45) is 5.92 Å². The lowest BCUT2D eigenvalue weighted by Crippen LogP contribution is -2.52. The molecule has 2 amide bonds. The van der Waals surface area contributed by atoms with Gasteiger partial charge in [-0.25, -0.2) is 0 Å². The molecule has 0 aliphatic carbocycles. The van der Waals surface area contributed by atoms with Gasteiger partial charge in [0.05, 0.1) is 16.6 Å². The molecule has 0 unspecified atom stereocenters. The molecule has 2 atom stereocenters. The van der Waals surface area contributed by atoms with Crippen LogP contribution in [-0.4, -0.2) is 41.6 Å². The highest BCUT2D eigenvalue weighted by Crippen LogP contribution is 2.20. The zero-order valence-electron chi connectivity index (χ0n) is 13.3. The van der Waals surface area contributed by atoms with E-state index in [-0.39, 0.29) is 23.8 Å². The van der Waals surface area contributed by atoms with Crippen LogP contribution in [0.3, 0.4) is 0 Å². The van der Waals surface area contributed by atoms with Gasteiger partial charge in [-0.1, -0.05) is 37.6 Å². The van der Waals surface area contributed by atoms with E-state index in [1.807, 2.05) is 13.8 Å². The Morgan fingerprint density at radius 1 is 1.35 bits per heavy atom. The number of benzene rings is 1. The van der Waals surface area contributed by atoms with E-state index in [2.05, 4.69) is 5.32 Å². The van der Waals surface area contributed by atoms with E-state index >= 15 is 0 Å². The first-order valence-corrected chi connectivity index (χ1v) is 8.14. The summed E-state index contributed by atoms with van der Waals surface area (Å²) >= 11 is 6.03. The first-order valence-electron chi connectivity index (χ1n) is 7.77. The number of nitrogens with one attached hydrogen (secondary N) is 1. The van der Waals surface area contributed by atoms with Gasteiger partial charge in [-0.15, -0.1) is 0 Å². The molecule has 23 heavy (non-hydrogen) atoms.